The van der Waals surface area contributed by atoms with Crippen molar-refractivity contribution in [3.63, 3.8) is 0 Å². The minimum Gasteiger partial charge on any atom is -0.289 e. The molecule has 0 amide bonds. The van der Waals surface area contributed by atoms with Crippen LogP contribution in [0.3, 0.4) is 0 Å². The molecule has 4 aliphatic rings. The molecule has 0 saturated heterocycles. The molecule has 4 aliphatic carbocycles. The number of Topliss-reactive ketones (excluding diaryl/α,β-unsaturated/α-hetero) is 1. The molecule has 3 heteroatoms. The molecule has 0 radical (unpaired) electrons. The van der Waals surface area contributed by atoms with Gasteiger partial charge in [0.15, 0.2) is 5.78 Å². The van der Waals surface area contributed by atoms with E-state index < -0.39 is 0 Å². The normalized spacial score (nSPS) is 35.9. The predicted molar refractivity (Wildman–Crippen MR) is 109 cm³/mol. The van der Waals surface area contributed by atoms with Gasteiger partial charge in [-0.3, -0.25) is 4.79 Å². The second kappa shape index (κ2) is 8.39. The van der Waals surface area contributed by atoms with Crippen molar-refractivity contribution in [3.8, 4) is 0 Å². The third kappa shape index (κ3) is 3.95. The molecule has 1 nitrogen and oxygen atoms in total. The Hall–Kier alpha value is -0.270. The van der Waals surface area contributed by atoms with Crippen LogP contribution in [-0.2, 0) is 4.79 Å². The standard InChI is InChI=1S/C23H32Cl2O/c24-13-21(19-9-17(10-19)7-15-3-1-4-15)23(26)22(14-25)20-11-18(12-20)8-16-5-2-6-16/h13-20H,1-12H2/t17-,18-,19-,20-. The highest BCUT2D eigenvalue weighted by Gasteiger charge is 2.41. The summed E-state index contributed by atoms with van der Waals surface area (Å²) in [6.45, 7) is 0. The van der Waals surface area contributed by atoms with Crippen LogP contribution in [0.4, 0.5) is 0 Å². The van der Waals surface area contributed by atoms with Crippen LogP contribution >= 0.6 is 23.2 Å². The zero-order valence-electron chi connectivity index (χ0n) is 15.8. The fourth-order valence-electron chi connectivity index (χ4n) is 5.58. The van der Waals surface area contributed by atoms with Crippen molar-refractivity contribution in [2.75, 3.05) is 0 Å². The number of rotatable bonds is 8. The van der Waals surface area contributed by atoms with E-state index in [1.807, 2.05) is 0 Å². The number of allylic oxidation sites excluding steroid dienone is 2. The number of carbonyl (C=O) groups is 1. The minimum atomic E-state index is 0.134. The minimum absolute atomic E-state index is 0.134. The van der Waals surface area contributed by atoms with Gasteiger partial charge in [0.2, 0.25) is 0 Å². The maximum atomic E-state index is 13.1. The highest BCUT2D eigenvalue weighted by atomic mass is 35.5. The molecule has 0 aromatic rings. The number of hydrogen-bond donors (Lipinski definition) is 0. The maximum absolute atomic E-state index is 13.1. The molecule has 144 valence electrons. The van der Waals surface area contributed by atoms with Gasteiger partial charge in [0.25, 0.3) is 0 Å². The predicted octanol–water partition coefficient (Wildman–Crippen LogP) is 7.23. The smallest absolute Gasteiger partial charge is 0.187 e. The molecule has 0 heterocycles. The number of hydrogen-bond acceptors (Lipinski definition) is 1. The first-order chi connectivity index (χ1) is 12.7. The first kappa shape index (κ1) is 19.1. The summed E-state index contributed by atoms with van der Waals surface area (Å²) in [5.74, 6) is 4.40. The molecule has 0 aromatic carbocycles. The molecule has 0 aromatic heterocycles. The average molecular weight is 395 g/mol. The Morgan fingerprint density at radius 1 is 0.692 bits per heavy atom. The van der Waals surface area contributed by atoms with Crippen LogP contribution in [0.1, 0.15) is 77.0 Å². The molecule has 0 aliphatic heterocycles. The molecule has 0 unspecified atom stereocenters. The van der Waals surface area contributed by atoms with Gasteiger partial charge in [-0.1, -0.05) is 61.7 Å². The first-order valence-corrected chi connectivity index (χ1v) is 11.7. The second-order valence-electron chi connectivity index (χ2n) is 9.59. The summed E-state index contributed by atoms with van der Waals surface area (Å²) in [6, 6.07) is 0. The zero-order chi connectivity index (χ0) is 18.1. The van der Waals surface area contributed by atoms with Crippen LogP contribution < -0.4 is 0 Å². The number of halogens is 2. The molecular weight excluding hydrogens is 363 g/mol. The lowest BCUT2D eigenvalue weighted by Crippen LogP contribution is -2.34. The molecule has 4 fully saturated rings. The van der Waals surface area contributed by atoms with E-state index in [9.17, 15) is 4.79 Å². The zero-order valence-corrected chi connectivity index (χ0v) is 17.3. The molecule has 4 rings (SSSR count). The van der Waals surface area contributed by atoms with Crippen molar-refractivity contribution in [2.45, 2.75) is 77.0 Å². The van der Waals surface area contributed by atoms with E-state index in [0.717, 1.165) is 60.5 Å². The molecule has 0 atom stereocenters. The molecular formula is C23H32Cl2O. The van der Waals surface area contributed by atoms with Gasteiger partial charge in [-0.15, -0.1) is 0 Å². The Labute approximate surface area is 168 Å². The van der Waals surface area contributed by atoms with E-state index in [4.69, 9.17) is 23.2 Å². The highest BCUT2D eigenvalue weighted by molar-refractivity contribution is 6.31. The summed E-state index contributed by atoms with van der Waals surface area (Å²) in [5.41, 5.74) is 4.76. The van der Waals surface area contributed by atoms with Gasteiger partial charge in [-0.05, 0) is 74.0 Å². The van der Waals surface area contributed by atoms with E-state index in [2.05, 4.69) is 0 Å². The third-order valence-electron chi connectivity index (χ3n) is 7.89. The second-order valence-corrected chi connectivity index (χ2v) is 10.0. The Balaban J connectivity index is 1.26. The van der Waals surface area contributed by atoms with Gasteiger partial charge in [0.1, 0.15) is 0 Å². The quantitative estimate of drug-likeness (QED) is 0.396. The van der Waals surface area contributed by atoms with E-state index in [0.29, 0.717) is 11.8 Å². The van der Waals surface area contributed by atoms with Crippen molar-refractivity contribution >= 4 is 29.0 Å². The number of ketones is 1. The summed E-state index contributed by atoms with van der Waals surface area (Å²) < 4.78 is 0. The van der Waals surface area contributed by atoms with Gasteiger partial charge in [0.05, 0.1) is 0 Å². The lowest BCUT2D eigenvalue weighted by molar-refractivity contribution is -0.114. The molecule has 0 N–H and O–H groups in total. The lowest BCUT2D eigenvalue weighted by Gasteiger charge is -2.42. The molecule has 0 spiro atoms. The molecule has 4 saturated carbocycles. The van der Waals surface area contributed by atoms with Crippen molar-refractivity contribution in [2.24, 2.45) is 35.5 Å². The van der Waals surface area contributed by atoms with Crippen molar-refractivity contribution in [3.05, 3.63) is 22.2 Å². The highest BCUT2D eigenvalue weighted by Crippen LogP contribution is 2.49. The summed E-state index contributed by atoms with van der Waals surface area (Å²) in [5, 5.41) is 0. The van der Waals surface area contributed by atoms with Gasteiger partial charge in [-0.25, -0.2) is 0 Å². The third-order valence-corrected chi connectivity index (χ3v) is 8.36. The SMILES string of the molecule is O=C(C(=CCl)[C@H]1C[C@H](CC2CCC2)C1)C(=CCl)[C@H]1C[C@H](CC2CCC2)C1. The average Bonchev–Trinajstić information content (AvgIpc) is 2.47. The summed E-state index contributed by atoms with van der Waals surface area (Å²) in [4.78, 5) is 13.1. The summed E-state index contributed by atoms with van der Waals surface area (Å²) in [6.07, 6.45) is 15.8. The Morgan fingerprint density at radius 3 is 1.35 bits per heavy atom. The van der Waals surface area contributed by atoms with Gasteiger partial charge >= 0.3 is 0 Å². The topological polar surface area (TPSA) is 17.1 Å². The van der Waals surface area contributed by atoms with E-state index in [-0.39, 0.29) is 5.78 Å². The monoisotopic (exact) mass is 394 g/mol. The van der Waals surface area contributed by atoms with Crippen LogP contribution in [0.5, 0.6) is 0 Å². The van der Waals surface area contributed by atoms with Crippen molar-refractivity contribution in [1.82, 2.24) is 0 Å². The van der Waals surface area contributed by atoms with Gasteiger partial charge in [0, 0.05) is 22.2 Å². The van der Waals surface area contributed by atoms with Crippen LogP contribution in [0.15, 0.2) is 22.2 Å². The van der Waals surface area contributed by atoms with Crippen molar-refractivity contribution in [1.29, 1.82) is 0 Å². The Kier molecular flexibility index (Phi) is 6.16. The van der Waals surface area contributed by atoms with Gasteiger partial charge < -0.3 is 0 Å². The molecule has 26 heavy (non-hydrogen) atoms. The Bertz CT molecular complexity index is 523. The van der Waals surface area contributed by atoms with Crippen LogP contribution in [0.2, 0.25) is 0 Å². The van der Waals surface area contributed by atoms with E-state index in [1.54, 1.807) is 11.1 Å². The summed E-state index contributed by atoms with van der Waals surface area (Å²) in [7, 11) is 0. The lowest BCUT2D eigenvalue weighted by atomic mass is 9.62. The van der Waals surface area contributed by atoms with Crippen molar-refractivity contribution < 1.29 is 4.79 Å². The first-order valence-electron chi connectivity index (χ1n) is 10.8. The van der Waals surface area contributed by atoms with Crippen LogP contribution in [0.25, 0.3) is 0 Å². The van der Waals surface area contributed by atoms with Crippen LogP contribution in [-0.4, -0.2) is 5.78 Å². The molecule has 0 bridgehead atoms. The van der Waals surface area contributed by atoms with Gasteiger partial charge in [-0.2, -0.15) is 0 Å². The Morgan fingerprint density at radius 2 is 1.08 bits per heavy atom. The fourth-order valence-corrected chi connectivity index (χ4v) is 6.13. The van der Waals surface area contributed by atoms with Crippen LogP contribution in [0, 0.1) is 35.5 Å². The maximum Gasteiger partial charge on any atom is 0.187 e. The van der Waals surface area contributed by atoms with E-state index >= 15 is 0 Å². The largest absolute Gasteiger partial charge is 0.289 e. The summed E-state index contributed by atoms with van der Waals surface area (Å²) >= 11 is 12.2. The fraction of sp³-hybridized carbons (Fsp3) is 0.783. The number of carbonyl (C=O) groups excluding carboxylic acids is 1. The van der Waals surface area contributed by atoms with E-state index in [1.165, 1.54) is 51.4 Å².